The molecule has 2 rings (SSSR count). The first kappa shape index (κ1) is 13.2. The van der Waals surface area contributed by atoms with Crippen molar-refractivity contribution in [2.45, 2.75) is 19.4 Å². The molecule has 0 amide bonds. The van der Waals surface area contributed by atoms with Gasteiger partial charge in [0, 0.05) is 18.2 Å². The Morgan fingerprint density at radius 1 is 1.50 bits per heavy atom. The predicted molar refractivity (Wildman–Crippen MR) is 71.9 cm³/mol. The lowest BCUT2D eigenvalue weighted by Crippen LogP contribution is -2.20. The fourth-order valence-corrected chi connectivity index (χ4v) is 2.82. The number of nitrogens with zero attached hydrogens (tertiary/aromatic N) is 1. The fraction of sp³-hybridized carbons (Fsp3) is 0.571. The molecule has 2 unspecified atom stereocenters. The second kappa shape index (κ2) is 5.16. The number of nitrogens with two attached hydrogens (primary N) is 1. The first-order chi connectivity index (χ1) is 8.56. The Kier molecular flexibility index (Phi) is 3.78. The van der Waals surface area contributed by atoms with E-state index in [9.17, 15) is 5.11 Å². The highest BCUT2D eigenvalue weighted by Crippen LogP contribution is 2.40. The van der Waals surface area contributed by atoms with E-state index in [4.69, 9.17) is 10.5 Å². The lowest BCUT2D eigenvalue weighted by molar-refractivity contribution is 0.304. The molecule has 1 aliphatic rings. The number of phenols is 1. The largest absolute Gasteiger partial charge is 0.508 e. The van der Waals surface area contributed by atoms with Crippen molar-refractivity contribution in [2.75, 3.05) is 27.2 Å². The van der Waals surface area contributed by atoms with Gasteiger partial charge in [-0.15, -0.1) is 0 Å². The van der Waals surface area contributed by atoms with E-state index in [1.807, 2.05) is 13.0 Å². The van der Waals surface area contributed by atoms with Crippen LogP contribution in [0.15, 0.2) is 12.1 Å². The summed E-state index contributed by atoms with van der Waals surface area (Å²) in [6.45, 7) is 3.62. The first-order valence-corrected chi connectivity index (χ1v) is 6.34. The van der Waals surface area contributed by atoms with Crippen LogP contribution in [0.2, 0.25) is 0 Å². The Labute approximate surface area is 108 Å². The number of ether oxygens (including phenoxy) is 1. The van der Waals surface area contributed by atoms with Gasteiger partial charge in [-0.05, 0) is 50.6 Å². The molecule has 0 spiro atoms. The molecule has 0 bridgehead atoms. The third-order valence-corrected chi connectivity index (χ3v) is 3.87. The number of benzene rings is 1. The van der Waals surface area contributed by atoms with Crippen LogP contribution in [0.4, 0.5) is 0 Å². The molecule has 2 atom stereocenters. The topological polar surface area (TPSA) is 58.7 Å². The molecule has 0 radical (unpaired) electrons. The molecule has 4 nitrogen and oxygen atoms in total. The van der Waals surface area contributed by atoms with E-state index in [0.29, 0.717) is 18.2 Å². The molecular formula is C14H22N2O2. The number of hydrogen-bond acceptors (Lipinski definition) is 4. The average Bonchev–Trinajstić information content (AvgIpc) is 2.71. The molecule has 100 valence electrons. The lowest BCUT2D eigenvalue weighted by Gasteiger charge is -2.21. The normalized spacial score (nSPS) is 24.4. The van der Waals surface area contributed by atoms with Crippen molar-refractivity contribution < 1.29 is 9.84 Å². The van der Waals surface area contributed by atoms with Crippen LogP contribution in [0.3, 0.4) is 0 Å². The second-order valence-corrected chi connectivity index (χ2v) is 5.17. The van der Waals surface area contributed by atoms with Gasteiger partial charge in [-0.25, -0.2) is 0 Å². The van der Waals surface area contributed by atoms with E-state index in [2.05, 4.69) is 11.9 Å². The third-order valence-electron chi connectivity index (χ3n) is 3.87. The molecular weight excluding hydrogens is 228 g/mol. The van der Waals surface area contributed by atoms with Crippen molar-refractivity contribution in [3.63, 3.8) is 0 Å². The Balaban J connectivity index is 2.33. The van der Waals surface area contributed by atoms with Crippen LogP contribution in [0.25, 0.3) is 0 Å². The maximum Gasteiger partial charge on any atom is 0.122 e. The summed E-state index contributed by atoms with van der Waals surface area (Å²) in [6.07, 6.45) is 0.993. The molecule has 1 aromatic carbocycles. The third kappa shape index (κ3) is 2.31. The number of aryl methyl sites for hydroxylation is 1. The zero-order valence-corrected chi connectivity index (χ0v) is 11.3. The highest BCUT2D eigenvalue weighted by molar-refractivity contribution is 5.46. The monoisotopic (exact) mass is 250 g/mol. The quantitative estimate of drug-likeness (QED) is 0.856. The van der Waals surface area contributed by atoms with Gasteiger partial charge < -0.3 is 15.6 Å². The van der Waals surface area contributed by atoms with Crippen LogP contribution in [-0.4, -0.2) is 37.3 Å². The average molecular weight is 250 g/mol. The molecule has 18 heavy (non-hydrogen) atoms. The number of aromatic hydroxyl groups is 1. The van der Waals surface area contributed by atoms with Crippen LogP contribution in [0.5, 0.6) is 11.5 Å². The van der Waals surface area contributed by atoms with Gasteiger partial charge in [0.05, 0.1) is 7.11 Å². The highest BCUT2D eigenvalue weighted by Gasteiger charge is 2.31. The van der Waals surface area contributed by atoms with Crippen LogP contribution in [-0.2, 0) is 0 Å². The van der Waals surface area contributed by atoms with Gasteiger partial charge in [0.25, 0.3) is 0 Å². The molecule has 1 saturated heterocycles. The predicted octanol–water partition coefficient (Wildman–Crippen LogP) is 1.66. The summed E-state index contributed by atoms with van der Waals surface area (Å²) in [7, 11) is 3.73. The van der Waals surface area contributed by atoms with E-state index in [1.54, 1.807) is 13.2 Å². The summed E-state index contributed by atoms with van der Waals surface area (Å²) in [5.41, 5.74) is 7.63. The van der Waals surface area contributed by atoms with E-state index < -0.39 is 0 Å². The minimum absolute atomic E-state index is 0.230. The molecule has 0 aliphatic carbocycles. The van der Waals surface area contributed by atoms with Gasteiger partial charge in [-0.1, -0.05) is 0 Å². The molecule has 1 aliphatic heterocycles. The Bertz CT molecular complexity index is 434. The van der Waals surface area contributed by atoms with Crippen molar-refractivity contribution in [3.05, 3.63) is 23.3 Å². The number of methoxy groups -OCH3 is 1. The summed E-state index contributed by atoms with van der Waals surface area (Å²) in [6, 6.07) is 3.95. The molecule has 4 heteroatoms. The lowest BCUT2D eigenvalue weighted by atomic mass is 9.97. The maximum absolute atomic E-state index is 10.1. The molecule has 1 fully saturated rings. The van der Waals surface area contributed by atoms with Crippen molar-refractivity contribution in [1.29, 1.82) is 0 Å². The SMILES string of the molecule is COc1cc(C2CC(CN)CN2C)c(O)cc1C. The fourth-order valence-electron chi connectivity index (χ4n) is 2.82. The van der Waals surface area contributed by atoms with Gasteiger partial charge in [-0.2, -0.15) is 0 Å². The van der Waals surface area contributed by atoms with Crippen molar-refractivity contribution >= 4 is 0 Å². The number of phenolic OH excluding ortho intramolecular Hbond substituents is 1. The molecule has 0 aromatic heterocycles. The van der Waals surface area contributed by atoms with E-state index in [0.717, 1.165) is 29.8 Å². The minimum atomic E-state index is 0.230. The number of hydrogen-bond donors (Lipinski definition) is 2. The molecule has 3 N–H and O–H groups in total. The van der Waals surface area contributed by atoms with E-state index in [-0.39, 0.29) is 6.04 Å². The summed E-state index contributed by atoms with van der Waals surface area (Å²) in [5, 5.41) is 10.1. The Hall–Kier alpha value is -1.26. The smallest absolute Gasteiger partial charge is 0.122 e. The Morgan fingerprint density at radius 3 is 2.78 bits per heavy atom. The summed E-state index contributed by atoms with van der Waals surface area (Å²) < 4.78 is 5.33. The van der Waals surface area contributed by atoms with Crippen molar-refractivity contribution in [1.82, 2.24) is 4.90 Å². The van der Waals surface area contributed by atoms with Crippen LogP contribution in [0.1, 0.15) is 23.6 Å². The molecule has 1 heterocycles. The van der Waals surface area contributed by atoms with Crippen LogP contribution < -0.4 is 10.5 Å². The zero-order chi connectivity index (χ0) is 13.3. The minimum Gasteiger partial charge on any atom is -0.508 e. The highest BCUT2D eigenvalue weighted by atomic mass is 16.5. The van der Waals surface area contributed by atoms with Gasteiger partial charge in [0.2, 0.25) is 0 Å². The number of likely N-dealkylation sites (tertiary alicyclic amines) is 1. The van der Waals surface area contributed by atoms with Crippen molar-refractivity contribution in [3.8, 4) is 11.5 Å². The molecule has 1 aromatic rings. The number of rotatable bonds is 3. The van der Waals surface area contributed by atoms with Gasteiger partial charge >= 0.3 is 0 Å². The summed E-state index contributed by atoms with van der Waals surface area (Å²) >= 11 is 0. The van der Waals surface area contributed by atoms with Gasteiger partial charge in [-0.3, -0.25) is 4.90 Å². The van der Waals surface area contributed by atoms with Crippen LogP contribution in [0, 0.1) is 12.8 Å². The van der Waals surface area contributed by atoms with Gasteiger partial charge in [0.1, 0.15) is 11.5 Å². The molecule has 0 saturated carbocycles. The summed E-state index contributed by atoms with van der Waals surface area (Å²) in [4.78, 5) is 2.25. The standard InChI is InChI=1S/C14H22N2O2/c1-9-4-13(17)11(6-14(9)18-3)12-5-10(7-15)8-16(12)2/h4,6,10,12,17H,5,7-8,15H2,1-3H3. The Morgan fingerprint density at radius 2 is 2.22 bits per heavy atom. The van der Waals surface area contributed by atoms with Crippen LogP contribution >= 0.6 is 0 Å². The van der Waals surface area contributed by atoms with E-state index in [1.165, 1.54) is 0 Å². The summed E-state index contributed by atoms with van der Waals surface area (Å²) in [5.74, 6) is 1.68. The van der Waals surface area contributed by atoms with Gasteiger partial charge in [0.15, 0.2) is 0 Å². The zero-order valence-electron chi connectivity index (χ0n) is 11.3. The second-order valence-electron chi connectivity index (χ2n) is 5.17. The first-order valence-electron chi connectivity index (χ1n) is 6.34. The van der Waals surface area contributed by atoms with E-state index >= 15 is 0 Å². The van der Waals surface area contributed by atoms with Crippen molar-refractivity contribution in [2.24, 2.45) is 11.7 Å². The maximum atomic E-state index is 10.1.